The van der Waals surface area contributed by atoms with E-state index < -0.39 is 30.3 Å². The van der Waals surface area contributed by atoms with Crippen molar-refractivity contribution >= 4 is 44.2 Å². The molecule has 37 heavy (non-hydrogen) atoms. The first-order valence-corrected chi connectivity index (χ1v) is 12.9. The van der Waals surface area contributed by atoms with Crippen molar-refractivity contribution in [3.63, 3.8) is 0 Å². The minimum atomic E-state index is -0.855. The van der Waals surface area contributed by atoms with Gasteiger partial charge in [-0.2, -0.15) is 0 Å². The summed E-state index contributed by atoms with van der Waals surface area (Å²) in [5.41, 5.74) is 1.62. The summed E-state index contributed by atoms with van der Waals surface area (Å²) in [6.07, 6.45) is -0.497. The fourth-order valence-electron chi connectivity index (χ4n) is 3.14. The normalized spacial score (nSPS) is 12.5. The highest BCUT2D eigenvalue weighted by atomic mass is 79.9. The molecule has 0 aromatic heterocycles. The van der Waals surface area contributed by atoms with Crippen LogP contribution in [0.15, 0.2) is 70.7 Å². The molecule has 0 bridgehead atoms. The lowest BCUT2D eigenvalue weighted by atomic mass is 9.78. The summed E-state index contributed by atoms with van der Waals surface area (Å²) in [6, 6.07) is 11.4. The van der Waals surface area contributed by atoms with Crippen molar-refractivity contribution in [2.24, 2.45) is 0 Å². The van der Waals surface area contributed by atoms with Gasteiger partial charge in [-0.15, -0.1) is 0 Å². The fourth-order valence-corrected chi connectivity index (χ4v) is 4.08. The molecule has 0 heterocycles. The maximum Gasteiger partial charge on any atom is 0.511 e. The Hall–Kier alpha value is -2.98. The number of halogens is 2. The predicted molar refractivity (Wildman–Crippen MR) is 146 cm³/mol. The number of hydrogen-bond acceptors (Lipinski definition) is 8. The van der Waals surface area contributed by atoms with E-state index in [1.165, 1.54) is 12.2 Å². The molecule has 0 fully saturated rings. The summed E-state index contributed by atoms with van der Waals surface area (Å²) in [5.74, 6) is 1.02. The van der Waals surface area contributed by atoms with Gasteiger partial charge in [0.2, 0.25) is 12.6 Å². The van der Waals surface area contributed by atoms with Crippen molar-refractivity contribution in [1.82, 2.24) is 0 Å². The molecule has 0 saturated heterocycles. The monoisotopic (exact) mass is 640 g/mol. The molecule has 0 spiro atoms. The Morgan fingerprint density at radius 1 is 0.811 bits per heavy atom. The number of ether oxygens (including phenoxy) is 6. The topological polar surface area (TPSA) is 89.5 Å². The zero-order valence-corrected chi connectivity index (χ0v) is 24.3. The minimum absolute atomic E-state index is 0.0553. The molecule has 0 aliphatic rings. The molecule has 0 aliphatic heterocycles. The van der Waals surface area contributed by atoms with Crippen molar-refractivity contribution in [2.75, 3.05) is 13.2 Å². The van der Waals surface area contributed by atoms with Gasteiger partial charge in [-0.3, -0.25) is 0 Å². The predicted octanol–water partition coefficient (Wildman–Crippen LogP) is 7.67. The van der Waals surface area contributed by atoms with Gasteiger partial charge in [0.15, 0.2) is 0 Å². The van der Waals surface area contributed by atoms with Crippen LogP contribution in [0.3, 0.4) is 0 Å². The van der Waals surface area contributed by atoms with E-state index in [2.05, 4.69) is 58.9 Å². The number of rotatable bonds is 12. The van der Waals surface area contributed by atoms with Gasteiger partial charge < -0.3 is 28.4 Å². The molecule has 2 aromatic rings. The van der Waals surface area contributed by atoms with Crippen LogP contribution in [-0.4, -0.2) is 38.1 Å². The van der Waals surface area contributed by atoms with Crippen LogP contribution >= 0.6 is 31.9 Å². The quantitative estimate of drug-likeness (QED) is 0.133. The highest BCUT2D eigenvalue weighted by Gasteiger charge is 2.26. The van der Waals surface area contributed by atoms with Crippen LogP contribution in [0.25, 0.3) is 0 Å². The average molecular weight is 642 g/mol. The third kappa shape index (κ3) is 9.12. The molecule has 0 radical (unpaired) electrons. The lowest BCUT2D eigenvalue weighted by molar-refractivity contribution is -0.0517. The van der Waals surface area contributed by atoms with E-state index in [1.807, 2.05) is 24.3 Å². The Balaban J connectivity index is 2.10. The smallest absolute Gasteiger partial charge is 0.454 e. The summed E-state index contributed by atoms with van der Waals surface area (Å²) in [4.78, 5) is 23.2. The van der Waals surface area contributed by atoms with E-state index in [9.17, 15) is 9.59 Å². The molecule has 10 heteroatoms. The lowest BCUT2D eigenvalue weighted by Gasteiger charge is -2.28. The van der Waals surface area contributed by atoms with Crippen LogP contribution < -0.4 is 9.47 Å². The van der Waals surface area contributed by atoms with Gasteiger partial charge in [-0.1, -0.05) is 51.3 Å². The Morgan fingerprint density at radius 2 is 1.19 bits per heavy atom. The molecule has 2 atom stereocenters. The number of carbonyl (C=O) groups is 2. The highest BCUT2D eigenvalue weighted by molar-refractivity contribution is 9.10. The number of benzene rings is 2. The van der Waals surface area contributed by atoms with E-state index in [0.717, 1.165) is 11.1 Å². The van der Waals surface area contributed by atoms with E-state index in [-0.39, 0.29) is 13.2 Å². The van der Waals surface area contributed by atoms with Gasteiger partial charge >= 0.3 is 12.3 Å². The van der Waals surface area contributed by atoms with Crippen molar-refractivity contribution in [1.29, 1.82) is 0 Å². The second-order valence-electron chi connectivity index (χ2n) is 8.22. The first-order chi connectivity index (χ1) is 17.5. The Bertz CT molecular complexity index is 1030. The third-order valence-corrected chi connectivity index (χ3v) is 6.29. The number of hydrogen-bond donors (Lipinski definition) is 0. The summed E-state index contributed by atoms with van der Waals surface area (Å²) < 4.78 is 32.6. The van der Waals surface area contributed by atoms with E-state index in [4.69, 9.17) is 28.4 Å². The maximum atomic E-state index is 11.6. The van der Waals surface area contributed by atoms with Crippen LogP contribution in [0.4, 0.5) is 9.59 Å². The van der Waals surface area contributed by atoms with Gasteiger partial charge in [0, 0.05) is 19.3 Å². The van der Waals surface area contributed by atoms with Crippen molar-refractivity contribution in [3.05, 3.63) is 81.8 Å². The summed E-state index contributed by atoms with van der Waals surface area (Å²) in [5, 5.41) is 0. The van der Waals surface area contributed by atoms with Crippen molar-refractivity contribution < 1.29 is 38.0 Å². The SMILES string of the molecule is C=CCOC(=O)OC(C)Oc1ccc(C(C)(C)c2ccc(OC(C)OC(=O)OCC=C)c(Br)c2)cc1Br. The zero-order valence-electron chi connectivity index (χ0n) is 21.1. The van der Waals surface area contributed by atoms with Crippen LogP contribution in [0, 0.1) is 0 Å². The van der Waals surface area contributed by atoms with Gasteiger partial charge in [-0.05, 0) is 67.3 Å². The molecule has 8 nitrogen and oxygen atoms in total. The summed E-state index contributed by atoms with van der Waals surface area (Å²) >= 11 is 7.08. The van der Waals surface area contributed by atoms with Gasteiger partial charge in [0.25, 0.3) is 0 Å². The summed E-state index contributed by atoms with van der Waals surface area (Å²) in [6.45, 7) is 14.4. The Labute approximate surface area is 233 Å². The first-order valence-electron chi connectivity index (χ1n) is 11.3. The van der Waals surface area contributed by atoms with E-state index in [0.29, 0.717) is 20.4 Å². The van der Waals surface area contributed by atoms with Gasteiger partial charge in [0.05, 0.1) is 8.95 Å². The number of carbonyl (C=O) groups excluding carboxylic acids is 2. The molecular weight excluding hydrogens is 612 g/mol. The molecule has 0 amide bonds. The molecule has 2 unspecified atom stereocenters. The molecule has 2 aromatic carbocycles. The third-order valence-electron chi connectivity index (χ3n) is 5.06. The van der Waals surface area contributed by atoms with E-state index in [1.54, 1.807) is 26.0 Å². The van der Waals surface area contributed by atoms with E-state index >= 15 is 0 Å². The molecular formula is C27H30Br2O8. The maximum absolute atomic E-state index is 11.6. The average Bonchev–Trinajstić information content (AvgIpc) is 2.83. The second-order valence-corrected chi connectivity index (χ2v) is 9.93. The second kappa shape index (κ2) is 14.1. The molecule has 0 aliphatic carbocycles. The molecule has 0 saturated carbocycles. The van der Waals surface area contributed by atoms with Crippen LogP contribution in [0.5, 0.6) is 11.5 Å². The molecule has 0 N–H and O–H groups in total. The zero-order chi connectivity index (χ0) is 27.6. The van der Waals surface area contributed by atoms with Crippen molar-refractivity contribution in [3.8, 4) is 11.5 Å². The Morgan fingerprint density at radius 3 is 1.51 bits per heavy atom. The van der Waals surface area contributed by atoms with Gasteiger partial charge in [0.1, 0.15) is 24.7 Å². The molecule has 200 valence electrons. The first kappa shape index (κ1) is 30.2. The Kier molecular flexibility index (Phi) is 11.5. The minimum Gasteiger partial charge on any atom is -0.454 e. The summed E-state index contributed by atoms with van der Waals surface area (Å²) in [7, 11) is 0. The molecule has 2 rings (SSSR count). The highest BCUT2D eigenvalue weighted by Crippen LogP contribution is 2.39. The fraction of sp³-hybridized carbons (Fsp3) is 0.333. The standard InChI is InChI=1S/C27H30Br2O8/c1-7-13-32-25(30)36-17(3)34-23-11-9-19(15-21(23)28)27(5,6)20-10-12-24(22(29)16-20)35-18(4)37-26(31)33-14-8-2/h7-12,15-18H,1-2,13-14H2,3-6H3. The van der Waals surface area contributed by atoms with Crippen LogP contribution in [-0.2, 0) is 24.4 Å². The lowest BCUT2D eigenvalue weighted by Crippen LogP contribution is -2.23. The van der Waals surface area contributed by atoms with Gasteiger partial charge in [-0.25, -0.2) is 9.59 Å². The van der Waals surface area contributed by atoms with Crippen LogP contribution in [0.1, 0.15) is 38.8 Å². The van der Waals surface area contributed by atoms with Crippen molar-refractivity contribution in [2.45, 2.75) is 45.7 Å². The largest absolute Gasteiger partial charge is 0.511 e. The van der Waals surface area contributed by atoms with Crippen LogP contribution in [0.2, 0.25) is 0 Å².